The molecule has 0 aliphatic carbocycles. The molecular weight excluding hydrogens is 292 g/mol. The van der Waals surface area contributed by atoms with E-state index in [-0.39, 0.29) is 0 Å². The molecular formula is C19H22O2S. The third-order valence-electron chi connectivity index (χ3n) is 4.00. The smallest absolute Gasteiger partial charge is 0.118 e. The Balaban J connectivity index is 1.56. The summed E-state index contributed by atoms with van der Waals surface area (Å²) < 4.78 is 11.0. The lowest BCUT2D eigenvalue weighted by Gasteiger charge is -2.23. The molecule has 1 aliphatic heterocycles. The van der Waals surface area contributed by atoms with Gasteiger partial charge in [-0.05, 0) is 54.7 Å². The molecule has 3 heteroatoms. The predicted octanol–water partition coefficient (Wildman–Crippen LogP) is 5.23. The van der Waals surface area contributed by atoms with Gasteiger partial charge in [0.1, 0.15) is 5.75 Å². The van der Waals surface area contributed by atoms with Gasteiger partial charge in [0.05, 0.1) is 13.2 Å². The first-order chi connectivity index (χ1) is 10.8. The minimum atomic E-state index is 0.300. The molecule has 0 spiro atoms. The second kappa shape index (κ2) is 7.70. The molecule has 0 saturated carbocycles. The SMILES string of the molecule is COc1ccc(CSc2ccc(C3CCCCO3)cc2)cc1. The zero-order valence-electron chi connectivity index (χ0n) is 13.0. The van der Waals surface area contributed by atoms with E-state index in [4.69, 9.17) is 9.47 Å². The lowest BCUT2D eigenvalue weighted by Crippen LogP contribution is -2.11. The maximum absolute atomic E-state index is 5.84. The number of benzene rings is 2. The van der Waals surface area contributed by atoms with E-state index in [1.807, 2.05) is 23.9 Å². The zero-order valence-corrected chi connectivity index (χ0v) is 13.8. The Morgan fingerprint density at radius 1 is 1.05 bits per heavy atom. The van der Waals surface area contributed by atoms with Crippen LogP contribution in [0, 0.1) is 0 Å². The summed E-state index contributed by atoms with van der Waals surface area (Å²) in [5, 5.41) is 0. The minimum Gasteiger partial charge on any atom is -0.497 e. The van der Waals surface area contributed by atoms with E-state index in [1.54, 1.807) is 7.11 Å². The number of rotatable bonds is 5. The number of thioether (sulfide) groups is 1. The van der Waals surface area contributed by atoms with E-state index < -0.39 is 0 Å². The van der Waals surface area contributed by atoms with Crippen LogP contribution in [0.2, 0.25) is 0 Å². The summed E-state index contributed by atoms with van der Waals surface area (Å²) in [4.78, 5) is 1.30. The summed E-state index contributed by atoms with van der Waals surface area (Å²) in [6.07, 6.45) is 3.93. The Bertz CT molecular complexity index is 571. The van der Waals surface area contributed by atoms with Crippen LogP contribution in [0.5, 0.6) is 5.75 Å². The van der Waals surface area contributed by atoms with Crippen LogP contribution in [0.25, 0.3) is 0 Å². The van der Waals surface area contributed by atoms with Gasteiger partial charge in [0.25, 0.3) is 0 Å². The standard InChI is InChI=1S/C19H22O2S/c1-20-17-9-5-15(6-10-17)14-22-18-11-7-16(8-12-18)19-4-2-3-13-21-19/h5-12,19H,2-4,13-14H2,1H3. The Kier molecular flexibility index (Phi) is 5.41. The van der Waals surface area contributed by atoms with Crippen molar-refractivity contribution in [3.05, 3.63) is 59.7 Å². The van der Waals surface area contributed by atoms with Crippen LogP contribution in [0.4, 0.5) is 0 Å². The molecule has 0 N–H and O–H groups in total. The van der Waals surface area contributed by atoms with E-state index in [0.29, 0.717) is 6.10 Å². The summed E-state index contributed by atoms with van der Waals surface area (Å²) in [6.45, 7) is 0.901. The van der Waals surface area contributed by atoms with Crippen LogP contribution in [-0.4, -0.2) is 13.7 Å². The molecule has 1 fully saturated rings. The Morgan fingerprint density at radius 2 is 1.82 bits per heavy atom. The maximum atomic E-state index is 5.84. The van der Waals surface area contributed by atoms with Gasteiger partial charge in [-0.15, -0.1) is 11.8 Å². The van der Waals surface area contributed by atoms with E-state index in [9.17, 15) is 0 Å². The minimum absolute atomic E-state index is 0.300. The van der Waals surface area contributed by atoms with Crippen molar-refractivity contribution < 1.29 is 9.47 Å². The highest BCUT2D eigenvalue weighted by molar-refractivity contribution is 7.98. The number of methoxy groups -OCH3 is 1. The van der Waals surface area contributed by atoms with Crippen LogP contribution < -0.4 is 4.74 Å². The van der Waals surface area contributed by atoms with Crippen LogP contribution in [-0.2, 0) is 10.5 Å². The van der Waals surface area contributed by atoms with Gasteiger partial charge in [0.2, 0.25) is 0 Å². The molecule has 3 rings (SSSR count). The van der Waals surface area contributed by atoms with Crippen LogP contribution in [0.3, 0.4) is 0 Å². The van der Waals surface area contributed by atoms with Crippen molar-refractivity contribution >= 4 is 11.8 Å². The molecule has 0 amide bonds. The van der Waals surface area contributed by atoms with E-state index >= 15 is 0 Å². The molecule has 0 radical (unpaired) electrons. The molecule has 1 heterocycles. The first-order valence-corrected chi connectivity index (χ1v) is 8.81. The molecule has 1 atom stereocenters. The maximum Gasteiger partial charge on any atom is 0.118 e. The van der Waals surface area contributed by atoms with Gasteiger partial charge in [0.15, 0.2) is 0 Å². The molecule has 2 aromatic carbocycles. The molecule has 2 aromatic rings. The van der Waals surface area contributed by atoms with Crippen LogP contribution in [0.15, 0.2) is 53.4 Å². The van der Waals surface area contributed by atoms with Gasteiger partial charge in [-0.3, -0.25) is 0 Å². The highest BCUT2D eigenvalue weighted by Crippen LogP contribution is 2.30. The fourth-order valence-electron chi connectivity index (χ4n) is 2.67. The Morgan fingerprint density at radius 3 is 2.45 bits per heavy atom. The van der Waals surface area contributed by atoms with Gasteiger partial charge >= 0.3 is 0 Å². The van der Waals surface area contributed by atoms with Gasteiger partial charge in [-0.1, -0.05) is 24.3 Å². The van der Waals surface area contributed by atoms with E-state index in [1.165, 1.54) is 28.9 Å². The third kappa shape index (κ3) is 4.05. The zero-order chi connectivity index (χ0) is 15.2. The lowest BCUT2D eigenvalue weighted by molar-refractivity contribution is 0.0149. The first-order valence-electron chi connectivity index (χ1n) is 7.82. The largest absolute Gasteiger partial charge is 0.497 e. The Labute approximate surface area is 136 Å². The number of hydrogen-bond donors (Lipinski definition) is 0. The predicted molar refractivity (Wildman–Crippen MR) is 91.5 cm³/mol. The fourth-order valence-corrected chi connectivity index (χ4v) is 3.53. The highest BCUT2D eigenvalue weighted by Gasteiger charge is 2.15. The van der Waals surface area contributed by atoms with Crippen molar-refractivity contribution in [2.45, 2.75) is 36.0 Å². The average Bonchev–Trinajstić information content (AvgIpc) is 2.61. The van der Waals surface area contributed by atoms with E-state index in [2.05, 4.69) is 36.4 Å². The third-order valence-corrected chi connectivity index (χ3v) is 5.08. The number of hydrogen-bond acceptors (Lipinski definition) is 3. The first kappa shape index (κ1) is 15.4. The van der Waals surface area contributed by atoms with Crippen molar-refractivity contribution in [2.24, 2.45) is 0 Å². The van der Waals surface area contributed by atoms with Crippen molar-refractivity contribution in [2.75, 3.05) is 13.7 Å². The highest BCUT2D eigenvalue weighted by atomic mass is 32.2. The molecule has 1 saturated heterocycles. The van der Waals surface area contributed by atoms with Crippen molar-refractivity contribution in [1.29, 1.82) is 0 Å². The summed E-state index contributed by atoms with van der Waals surface area (Å²) in [7, 11) is 1.70. The normalized spacial score (nSPS) is 18.1. The molecule has 1 aliphatic rings. The van der Waals surface area contributed by atoms with Crippen LogP contribution in [0.1, 0.15) is 36.5 Å². The van der Waals surface area contributed by atoms with Crippen molar-refractivity contribution in [3.8, 4) is 5.75 Å². The van der Waals surface area contributed by atoms with Gasteiger partial charge in [-0.2, -0.15) is 0 Å². The summed E-state index contributed by atoms with van der Waals surface area (Å²) >= 11 is 1.86. The quantitative estimate of drug-likeness (QED) is 0.704. The average molecular weight is 314 g/mol. The second-order valence-electron chi connectivity index (χ2n) is 5.56. The van der Waals surface area contributed by atoms with Crippen molar-refractivity contribution in [3.63, 3.8) is 0 Å². The second-order valence-corrected chi connectivity index (χ2v) is 6.61. The van der Waals surface area contributed by atoms with Gasteiger partial charge < -0.3 is 9.47 Å². The molecule has 116 valence electrons. The molecule has 0 aromatic heterocycles. The summed E-state index contributed by atoms with van der Waals surface area (Å²) in [6, 6.07) is 17.1. The number of ether oxygens (including phenoxy) is 2. The summed E-state index contributed by atoms with van der Waals surface area (Å²) in [5.41, 5.74) is 2.62. The van der Waals surface area contributed by atoms with Crippen LogP contribution >= 0.6 is 11.8 Å². The van der Waals surface area contributed by atoms with E-state index in [0.717, 1.165) is 24.5 Å². The lowest BCUT2D eigenvalue weighted by atomic mass is 10.0. The molecule has 2 nitrogen and oxygen atoms in total. The monoisotopic (exact) mass is 314 g/mol. The van der Waals surface area contributed by atoms with Crippen molar-refractivity contribution in [1.82, 2.24) is 0 Å². The van der Waals surface area contributed by atoms with Gasteiger partial charge in [-0.25, -0.2) is 0 Å². The molecule has 1 unspecified atom stereocenters. The molecule has 0 bridgehead atoms. The summed E-state index contributed by atoms with van der Waals surface area (Å²) in [5.74, 6) is 1.88. The topological polar surface area (TPSA) is 18.5 Å². The molecule has 22 heavy (non-hydrogen) atoms. The fraction of sp³-hybridized carbons (Fsp3) is 0.368. The van der Waals surface area contributed by atoms with Gasteiger partial charge in [0, 0.05) is 17.3 Å². The Hall–Kier alpha value is -1.45.